The summed E-state index contributed by atoms with van der Waals surface area (Å²) >= 11 is 0. The summed E-state index contributed by atoms with van der Waals surface area (Å²) in [6, 6.07) is 6.21. The lowest BCUT2D eigenvalue weighted by molar-refractivity contribution is -0.132. The Morgan fingerprint density at radius 2 is 1.60 bits per heavy atom. The molecular weight excluding hydrogens is 310 g/mol. The first kappa shape index (κ1) is 21.3. The van der Waals surface area contributed by atoms with E-state index in [1.165, 1.54) is 0 Å². The number of nitrogens with zero attached hydrogens (tertiary/aromatic N) is 2. The summed E-state index contributed by atoms with van der Waals surface area (Å²) < 4.78 is 0. The number of amides is 1. The molecular formula is C21H37N3O. The van der Waals surface area contributed by atoms with Crippen molar-refractivity contribution < 1.29 is 4.79 Å². The number of anilines is 2. The smallest absolute Gasteiger partial charge is 0.222 e. The average Bonchev–Trinajstić information content (AvgIpc) is 2.53. The molecule has 0 atom stereocenters. The maximum absolute atomic E-state index is 12.6. The van der Waals surface area contributed by atoms with Gasteiger partial charge in [0.25, 0.3) is 0 Å². The van der Waals surface area contributed by atoms with Crippen LogP contribution in [-0.2, 0) is 11.2 Å². The van der Waals surface area contributed by atoms with Gasteiger partial charge < -0.3 is 15.5 Å². The molecule has 4 heteroatoms. The van der Waals surface area contributed by atoms with Crippen molar-refractivity contribution in [3.8, 4) is 0 Å². The van der Waals surface area contributed by atoms with Crippen molar-refractivity contribution in [2.24, 2.45) is 11.8 Å². The molecule has 0 radical (unpaired) electrons. The van der Waals surface area contributed by atoms with Crippen molar-refractivity contribution in [2.75, 3.05) is 36.8 Å². The largest absolute Gasteiger partial charge is 0.397 e. The maximum Gasteiger partial charge on any atom is 0.222 e. The molecule has 4 nitrogen and oxygen atoms in total. The van der Waals surface area contributed by atoms with Crippen LogP contribution in [0.5, 0.6) is 0 Å². The summed E-state index contributed by atoms with van der Waals surface area (Å²) in [5.41, 5.74) is 9.25. The van der Waals surface area contributed by atoms with E-state index in [4.69, 9.17) is 5.73 Å². The van der Waals surface area contributed by atoms with Gasteiger partial charge in [-0.15, -0.1) is 0 Å². The Morgan fingerprint density at radius 3 is 2.04 bits per heavy atom. The van der Waals surface area contributed by atoms with Crippen LogP contribution < -0.4 is 10.6 Å². The third kappa shape index (κ3) is 6.97. The van der Waals surface area contributed by atoms with Crippen LogP contribution in [-0.4, -0.2) is 37.0 Å². The van der Waals surface area contributed by atoms with Crippen molar-refractivity contribution in [2.45, 2.75) is 54.4 Å². The standard InChI is InChI=1S/C21H37N3O/c1-7-23(8-2)20-11-9-18(13-19(20)22)10-12-21(25)24(14-16(3)4)15-17(5)6/h9,11,13,16-17H,7-8,10,12,14-15,22H2,1-6H3. The van der Waals surface area contributed by atoms with Gasteiger partial charge in [-0.05, 0) is 49.8 Å². The van der Waals surface area contributed by atoms with Crippen molar-refractivity contribution in [3.05, 3.63) is 23.8 Å². The summed E-state index contributed by atoms with van der Waals surface area (Å²) in [5, 5.41) is 0. The Balaban J connectivity index is 2.72. The van der Waals surface area contributed by atoms with Gasteiger partial charge in [-0.1, -0.05) is 33.8 Å². The molecule has 0 fully saturated rings. The fourth-order valence-electron chi connectivity index (χ4n) is 3.18. The molecule has 0 bridgehead atoms. The van der Waals surface area contributed by atoms with E-state index < -0.39 is 0 Å². The van der Waals surface area contributed by atoms with Gasteiger partial charge in [0.1, 0.15) is 0 Å². The highest BCUT2D eigenvalue weighted by molar-refractivity contribution is 5.76. The zero-order valence-corrected chi connectivity index (χ0v) is 17.0. The second kappa shape index (κ2) is 10.3. The van der Waals surface area contributed by atoms with E-state index in [1.807, 2.05) is 11.0 Å². The van der Waals surface area contributed by atoms with E-state index in [2.05, 4.69) is 58.6 Å². The number of carbonyl (C=O) groups is 1. The van der Waals surface area contributed by atoms with Crippen LogP contribution in [0.2, 0.25) is 0 Å². The zero-order chi connectivity index (χ0) is 19.0. The summed E-state index contributed by atoms with van der Waals surface area (Å²) in [7, 11) is 0. The van der Waals surface area contributed by atoms with Gasteiger partial charge in [0.15, 0.2) is 0 Å². The molecule has 0 heterocycles. The number of hydrogen-bond acceptors (Lipinski definition) is 3. The van der Waals surface area contributed by atoms with Gasteiger partial charge in [0.2, 0.25) is 5.91 Å². The maximum atomic E-state index is 12.6. The van der Waals surface area contributed by atoms with Crippen LogP contribution in [0.15, 0.2) is 18.2 Å². The van der Waals surface area contributed by atoms with E-state index >= 15 is 0 Å². The molecule has 1 rings (SSSR count). The third-order valence-electron chi connectivity index (χ3n) is 4.35. The van der Waals surface area contributed by atoms with E-state index in [1.54, 1.807) is 0 Å². The first-order valence-corrected chi connectivity index (χ1v) is 9.69. The van der Waals surface area contributed by atoms with Gasteiger partial charge in [0.05, 0.1) is 11.4 Å². The SMILES string of the molecule is CCN(CC)c1ccc(CCC(=O)N(CC(C)C)CC(C)C)cc1N. The van der Waals surface area contributed by atoms with Crippen LogP contribution in [0.4, 0.5) is 11.4 Å². The Morgan fingerprint density at radius 1 is 1.04 bits per heavy atom. The van der Waals surface area contributed by atoms with Crippen LogP contribution in [0.1, 0.15) is 53.5 Å². The predicted octanol–water partition coefficient (Wildman–Crippen LogP) is 4.19. The predicted molar refractivity (Wildman–Crippen MR) is 109 cm³/mol. The van der Waals surface area contributed by atoms with Crippen LogP contribution in [0, 0.1) is 11.8 Å². The highest BCUT2D eigenvalue weighted by Gasteiger charge is 2.16. The van der Waals surface area contributed by atoms with Gasteiger partial charge in [-0.2, -0.15) is 0 Å². The molecule has 25 heavy (non-hydrogen) atoms. The minimum Gasteiger partial charge on any atom is -0.397 e. The quantitative estimate of drug-likeness (QED) is 0.646. The fourth-order valence-corrected chi connectivity index (χ4v) is 3.18. The molecule has 0 spiro atoms. The van der Waals surface area contributed by atoms with E-state index in [0.29, 0.717) is 18.3 Å². The van der Waals surface area contributed by atoms with Crippen molar-refractivity contribution in [3.63, 3.8) is 0 Å². The molecule has 0 aliphatic carbocycles. The molecule has 1 amide bonds. The molecule has 0 aliphatic heterocycles. The van der Waals surface area contributed by atoms with E-state index in [-0.39, 0.29) is 5.91 Å². The van der Waals surface area contributed by atoms with Crippen LogP contribution >= 0.6 is 0 Å². The molecule has 1 aromatic carbocycles. The topological polar surface area (TPSA) is 49.6 Å². The summed E-state index contributed by atoms with van der Waals surface area (Å²) in [5.74, 6) is 1.23. The Hall–Kier alpha value is -1.71. The fraction of sp³-hybridized carbons (Fsp3) is 0.667. The Bertz CT molecular complexity index is 526. The monoisotopic (exact) mass is 347 g/mol. The van der Waals surface area contributed by atoms with Crippen molar-refractivity contribution >= 4 is 17.3 Å². The minimum atomic E-state index is 0.244. The molecule has 2 N–H and O–H groups in total. The highest BCUT2D eigenvalue weighted by Crippen LogP contribution is 2.25. The molecule has 1 aromatic rings. The van der Waals surface area contributed by atoms with Crippen molar-refractivity contribution in [1.29, 1.82) is 0 Å². The number of hydrogen-bond donors (Lipinski definition) is 1. The number of nitrogens with two attached hydrogens (primary N) is 1. The molecule has 0 saturated carbocycles. The zero-order valence-electron chi connectivity index (χ0n) is 17.0. The summed E-state index contributed by atoms with van der Waals surface area (Å²) in [6.45, 7) is 16.5. The number of carbonyl (C=O) groups excluding carboxylic acids is 1. The summed E-state index contributed by atoms with van der Waals surface area (Å²) in [4.78, 5) is 16.9. The lowest BCUT2D eigenvalue weighted by Gasteiger charge is -2.26. The third-order valence-corrected chi connectivity index (χ3v) is 4.35. The first-order valence-electron chi connectivity index (χ1n) is 9.69. The molecule has 142 valence electrons. The lowest BCUT2D eigenvalue weighted by atomic mass is 10.1. The molecule has 0 saturated heterocycles. The number of benzene rings is 1. The summed E-state index contributed by atoms with van der Waals surface area (Å²) in [6.07, 6.45) is 1.29. The van der Waals surface area contributed by atoms with Crippen molar-refractivity contribution in [1.82, 2.24) is 4.90 Å². The molecule has 0 aromatic heterocycles. The lowest BCUT2D eigenvalue weighted by Crippen LogP contribution is -2.37. The number of rotatable bonds is 10. The Kier molecular flexibility index (Phi) is 8.81. The minimum absolute atomic E-state index is 0.244. The first-order chi connectivity index (χ1) is 11.8. The highest BCUT2D eigenvalue weighted by atomic mass is 16.2. The van der Waals surface area contributed by atoms with Gasteiger partial charge in [0, 0.05) is 32.6 Å². The molecule has 0 unspecified atom stereocenters. The number of nitrogen functional groups attached to an aromatic ring is 1. The van der Waals surface area contributed by atoms with E-state index in [0.717, 1.165) is 49.5 Å². The Labute approximate surface area is 154 Å². The normalized spacial score (nSPS) is 11.2. The van der Waals surface area contributed by atoms with E-state index in [9.17, 15) is 4.79 Å². The van der Waals surface area contributed by atoms with Gasteiger partial charge >= 0.3 is 0 Å². The second-order valence-electron chi connectivity index (χ2n) is 7.65. The van der Waals surface area contributed by atoms with Gasteiger partial charge in [-0.3, -0.25) is 4.79 Å². The second-order valence-corrected chi connectivity index (χ2v) is 7.65. The van der Waals surface area contributed by atoms with Crippen LogP contribution in [0.25, 0.3) is 0 Å². The average molecular weight is 348 g/mol. The number of aryl methyl sites for hydroxylation is 1. The molecule has 0 aliphatic rings. The van der Waals surface area contributed by atoms with Gasteiger partial charge in [-0.25, -0.2) is 0 Å². The van der Waals surface area contributed by atoms with Crippen LogP contribution in [0.3, 0.4) is 0 Å².